The van der Waals surface area contributed by atoms with E-state index in [9.17, 15) is 5.26 Å². The van der Waals surface area contributed by atoms with E-state index in [1.54, 1.807) is 6.20 Å². The van der Waals surface area contributed by atoms with E-state index in [-0.39, 0.29) is 17.4 Å². The van der Waals surface area contributed by atoms with Crippen LogP contribution in [0.4, 0.5) is 11.6 Å². The fourth-order valence-corrected chi connectivity index (χ4v) is 3.08. The molecular weight excluding hydrogens is 350 g/mol. The molecule has 7 heteroatoms. The number of aromatic nitrogens is 4. The van der Waals surface area contributed by atoms with Gasteiger partial charge in [0, 0.05) is 22.7 Å². The van der Waals surface area contributed by atoms with Gasteiger partial charge in [-0.1, -0.05) is 30.3 Å². The lowest BCUT2D eigenvalue weighted by Gasteiger charge is -2.19. The second kappa shape index (κ2) is 7.29. The first kappa shape index (κ1) is 17.4. The summed E-state index contributed by atoms with van der Waals surface area (Å²) in [5, 5.41) is 13.6. The van der Waals surface area contributed by atoms with Crippen molar-refractivity contribution < 1.29 is 0 Å². The van der Waals surface area contributed by atoms with Gasteiger partial charge >= 0.3 is 0 Å². The maximum atomic E-state index is 9.39. The molecular formula is C21H17N7. The van der Waals surface area contributed by atoms with Crippen molar-refractivity contribution in [3.63, 3.8) is 0 Å². The lowest BCUT2D eigenvalue weighted by molar-refractivity contribution is 0.869. The van der Waals surface area contributed by atoms with Crippen molar-refractivity contribution in [3.05, 3.63) is 72.2 Å². The van der Waals surface area contributed by atoms with Gasteiger partial charge in [-0.05, 0) is 25.1 Å². The Morgan fingerprint density at radius 1 is 1.07 bits per heavy atom. The van der Waals surface area contributed by atoms with Crippen molar-refractivity contribution in [3.8, 4) is 17.3 Å². The molecule has 0 saturated carbocycles. The topological polar surface area (TPSA) is 113 Å². The number of hydrogen-bond donors (Lipinski definition) is 2. The van der Waals surface area contributed by atoms with Gasteiger partial charge in [0.05, 0.1) is 11.7 Å². The number of nitrogens with two attached hydrogens (primary N) is 1. The highest BCUT2D eigenvalue weighted by Crippen LogP contribution is 2.31. The lowest BCUT2D eigenvalue weighted by atomic mass is 9.99. The van der Waals surface area contributed by atoms with Gasteiger partial charge in [-0.2, -0.15) is 5.26 Å². The number of nitrogens with zero attached hydrogens (tertiary/aromatic N) is 5. The third kappa shape index (κ3) is 3.19. The average Bonchev–Trinajstić information content (AvgIpc) is 2.73. The first-order valence-electron chi connectivity index (χ1n) is 8.75. The number of nitrogen functional groups attached to an aromatic ring is 1. The Labute approximate surface area is 161 Å². The standard InChI is InChI=1S/C21H17N7/c1-13(27-21-17(11-22)19(23)25-12-26-21)16-10-15-8-5-9-24-20(15)28-18(16)14-6-3-2-4-7-14/h2-10,12-13H,1H3,(H3,23,25,26,27). The Bertz CT molecular complexity index is 1180. The molecule has 3 heterocycles. The Morgan fingerprint density at radius 2 is 1.89 bits per heavy atom. The van der Waals surface area contributed by atoms with Crippen molar-refractivity contribution in [1.82, 2.24) is 19.9 Å². The molecule has 0 aliphatic heterocycles. The van der Waals surface area contributed by atoms with E-state index in [1.165, 1.54) is 6.33 Å². The molecule has 0 aliphatic rings. The third-order valence-corrected chi connectivity index (χ3v) is 4.47. The van der Waals surface area contributed by atoms with Crippen LogP contribution in [0.5, 0.6) is 0 Å². The van der Waals surface area contributed by atoms with Gasteiger partial charge in [0.1, 0.15) is 29.6 Å². The van der Waals surface area contributed by atoms with Crippen LogP contribution in [0, 0.1) is 11.3 Å². The molecule has 0 radical (unpaired) electrons. The predicted octanol–water partition coefficient (Wildman–Crippen LogP) is 3.71. The first-order chi connectivity index (χ1) is 13.7. The van der Waals surface area contributed by atoms with E-state index in [0.29, 0.717) is 11.5 Å². The molecule has 0 aliphatic carbocycles. The van der Waals surface area contributed by atoms with Gasteiger partial charge < -0.3 is 11.1 Å². The Balaban J connectivity index is 1.83. The lowest BCUT2D eigenvalue weighted by Crippen LogP contribution is -2.13. The summed E-state index contributed by atoms with van der Waals surface area (Å²) in [7, 11) is 0. The summed E-state index contributed by atoms with van der Waals surface area (Å²) >= 11 is 0. The van der Waals surface area contributed by atoms with Crippen LogP contribution < -0.4 is 11.1 Å². The second-order valence-corrected chi connectivity index (χ2v) is 6.30. The van der Waals surface area contributed by atoms with Crippen molar-refractivity contribution in [2.75, 3.05) is 11.1 Å². The van der Waals surface area contributed by atoms with Crippen LogP contribution in [0.2, 0.25) is 0 Å². The van der Waals surface area contributed by atoms with Crippen LogP contribution >= 0.6 is 0 Å². The van der Waals surface area contributed by atoms with Gasteiger partial charge in [0.15, 0.2) is 5.65 Å². The third-order valence-electron chi connectivity index (χ3n) is 4.47. The summed E-state index contributed by atoms with van der Waals surface area (Å²) < 4.78 is 0. The molecule has 0 amide bonds. The Morgan fingerprint density at radius 3 is 2.68 bits per heavy atom. The summed E-state index contributed by atoms with van der Waals surface area (Å²) in [5.41, 5.74) is 9.50. The zero-order valence-electron chi connectivity index (χ0n) is 15.2. The maximum Gasteiger partial charge on any atom is 0.159 e. The van der Waals surface area contributed by atoms with Crippen LogP contribution in [-0.2, 0) is 0 Å². The number of hydrogen-bond acceptors (Lipinski definition) is 7. The van der Waals surface area contributed by atoms with Gasteiger partial charge in [-0.15, -0.1) is 0 Å². The molecule has 4 rings (SSSR count). The Hall–Kier alpha value is -4.05. The molecule has 28 heavy (non-hydrogen) atoms. The number of anilines is 2. The maximum absolute atomic E-state index is 9.39. The summed E-state index contributed by atoms with van der Waals surface area (Å²) in [4.78, 5) is 17.2. The fraction of sp³-hybridized carbons (Fsp3) is 0.0952. The molecule has 1 atom stereocenters. The minimum atomic E-state index is -0.186. The predicted molar refractivity (Wildman–Crippen MR) is 108 cm³/mol. The molecule has 4 aromatic rings. The number of pyridine rings is 2. The van der Waals surface area contributed by atoms with Gasteiger partial charge in [-0.3, -0.25) is 0 Å². The van der Waals surface area contributed by atoms with E-state index < -0.39 is 0 Å². The highest BCUT2D eigenvalue weighted by molar-refractivity contribution is 5.81. The van der Waals surface area contributed by atoms with E-state index in [0.717, 1.165) is 22.2 Å². The van der Waals surface area contributed by atoms with E-state index in [2.05, 4.69) is 32.4 Å². The largest absolute Gasteiger partial charge is 0.382 e. The minimum Gasteiger partial charge on any atom is -0.382 e. The van der Waals surface area contributed by atoms with Crippen molar-refractivity contribution in [1.29, 1.82) is 5.26 Å². The van der Waals surface area contributed by atoms with Gasteiger partial charge in [-0.25, -0.2) is 19.9 Å². The normalized spacial score (nSPS) is 11.7. The molecule has 3 aromatic heterocycles. The molecule has 1 aromatic carbocycles. The average molecular weight is 367 g/mol. The number of nitrogens with one attached hydrogen (secondary N) is 1. The van der Waals surface area contributed by atoms with Crippen molar-refractivity contribution in [2.24, 2.45) is 0 Å². The Kier molecular flexibility index (Phi) is 4.52. The van der Waals surface area contributed by atoms with Gasteiger partial charge in [0.2, 0.25) is 0 Å². The fourth-order valence-electron chi connectivity index (χ4n) is 3.08. The quantitative estimate of drug-likeness (QED) is 0.565. The number of rotatable bonds is 4. The second-order valence-electron chi connectivity index (χ2n) is 6.30. The molecule has 0 bridgehead atoms. The summed E-state index contributed by atoms with van der Waals surface area (Å²) in [5.74, 6) is 0.545. The first-order valence-corrected chi connectivity index (χ1v) is 8.75. The zero-order valence-corrected chi connectivity index (χ0v) is 15.2. The summed E-state index contributed by atoms with van der Waals surface area (Å²) in [6.07, 6.45) is 3.07. The van der Waals surface area contributed by atoms with Crippen LogP contribution in [-0.4, -0.2) is 19.9 Å². The molecule has 1 unspecified atom stereocenters. The molecule has 0 saturated heterocycles. The van der Waals surface area contributed by atoms with Crippen molar-refractivity contribution >= 4 is 22.7 Å². The van der Waals surface area contributed by atoms with Crippen molar-refractivity contribution in [2.45, 2.75) is 13.0 Å². The number of nitriles is 1. The van der Waals surface area contributed by atoms with E-state index in [1.807, 2.05) is 49.4 Å². The number of benzene rings is 1. The summed E-state index contributed by atoms with van der Waals surface area (Å²) in [6.45, 7) is 1.99. The molecule has 136 valence electrons. The smallest absolute Gasteiger partial charge is 0.159 e. The van der Waals surface area contributed by atoms with Gasteiger partial charge in [0.25, 0.3) is 0 Å². The highest BCUT2D eigenvalue weighted by atomic mass is 15.1. The minimum absolute atomic E-state index is 0.149. The molecule has 3 N–H and O–H groups in total. The SMILES string of the molecule is CC(Nc1ncnc(N)c1C#N)c1cc2cccnc2nc1-c1ccccc1. The van der Waals surface area contributed by atoms with E-state index >= 15 is 0 Å². The van der Waals surface area contributed by atoms with E-state index in [4.69, 9.17) is 10.7 Å². The van der Waals surface area contributed by atoms with Crippen LogP contribution in [0.1, 0.15) is 24.1 Å². The molecule has 0 spiro atoms. The highest BCUT2D eigenvalue weighted by Gasteiger charge is 2.18. The summed E-state index contributed by atoms with van der Waals surface area (Å²) in [6, 6.07) is 17.7. The number of fused-ring (bicyclic) bond motifs is 1. The molecule has 7 nitrogen and oxygen atoms in total. The monoisotopic (exact) mass is 367 g/mol. The van der Waals surface area contributed by atoms with Crippen LogP contribution in [0.15, 0.2) is 61.1 Å². The molecule has 0 fully saturated rings. The van der Waals surface area contributed by atoms with Crippen LogP contribution in [0.25, 0.3) is 22.3 Å². The zero-order chi connectivity index (χ0) is 19.5. The van der Waals surface area contributed by atoms with Crippen LogP contribution in [0.3, 0.4) is 0 Å².